The highest BCUT2D eigenvalue weighted by molar-refractivity contribution is 5.80. The molecule has 0 aromatic rings. The van der Waals surface area contributed by atoms with E-state index in [9.17, 15) is 9.59 Å². The Bertz CT molecular complexity index is 167. The average Bonchev–Trinajstić information content (AvgIpc) is 2.32. The molecule has 0 aromatic heterocycles. The Morgan fingerprint density at radius 2 is 1.36 bits per heavy atom. The molecule has 62 valence electrons. The second kappa shape index (κ2) is 2.90. The van der Waals surface area contributed by atoms with Crippen LogP contribution in [0.15, 0.2) is 0 Å². The van der Waals surface area contributed by atoms with Gasteiger partial charge in [-0.15, -0.1) is 0 Å². The van der Waals surface area contributed by atoms with Gasteiger partial charge in [0.15, 0.2) is 0 Å². The number of hydrogen-bond donors (Lipinski definition) is 2. The van der Waals surface area contributed by atoms with Crippen molar-refractivity contribution in [2.24, 2.45) is 11.8 Å². The minimum absolute atomic E-state index is 0.506. The van der Waals surface area contributed by atoms with Gasteiger partial charge in [0.05, 0.1) is 11.8 Å². The zero-order valence-corrected chi connectivity index (χ0v) is 5.99. The Kier molecular flexibility index (Phi) is 2.12. The van der Waals surface area contributed by atoms with Crippen molar-refractivity contribution in [2.45, 2.75) is 19.3 Å². The van der Waals surface area contributed by atoms with Gasteiger partial charge in [-0.2, -0.15) is 0 Å². The summed E-state index contributed by atoms with van der Waals surface area (Å²) in [4.78, 5) is 20.9. The molecule has 1 fully saturated rings. The van der Waals surface area contributed by atoms with Crippen molar-refractivity contribution in [3.63, 3.8) is 0 Å². The lowest BCUT2D eigenvalue weighted by Gasteiger charge is -2.09. The molecule has 2 atom stereocenters. The first-order valence-corrected chi connectivity index (χ1v) is 3.58. The lowest BCUT2D eigenvalue weighted by molar-refractivity contribution is -0.152. The summed E-state index contributed by atoms with van der Waals surface area (Å²) in [5, 5.41) is 17.1. The standard InChI is InChI=1S/C7H10O4/c8-6(9)4-2-1-3-5(4)7(10)11/h4-5H,1-3H2,(H,8,9)(H,10,11)/t4-,5?/m1/s1. The van der Waals surface area contributed by atoms with E-state index in [1.54, 1.807) is 0 Å². The summed E-state index contributed by atoms with van der Waals surface area (Å²) in [6, 6.07) is 0. The molecule has 1 aliphatic rings. The Hall–Kier alpha value is -1.06. The Labute approximate surface area is 63.8 Å². The van der Waals surface area contributed by atoms with Crippen LogP contribution in [0.5, 0.6) is 0 Å². The summed E-state index contributed by atoms with van der Waals surface area (Å²) in [5.41, 5.74) is 0. The molecule has 2 N–H and O–H groups in total. The van der Waals surface area contributed by atoms with Crippen LogP contribution in [0, 0.1) is 11.8 Å². The smallest absolute Gasteiger partial charge is 0.307 e. The van der Waals surface area contributed by atoms with E-state index in [1.165, 1.54) is 0 Å². The van der Waals surface area contributed by atoms with E-state index < -0.39 is 23.8 Å². The monoisotopic (exact) mass is 158 g/mol. The minimum atomic E-state index is -0.977. The van der Waals surface area contributed by atoms with E-state index in [0.717, 1.165) is 0 Å². The number of hydrogen-bond acceptors (Lipinski definition) is 2. The summed E-state index contributed by atoms with van der Waals surface area (Å²) in [6.07, 6.45) is 1.73. The molecular formula is C7H10O4. The van der Waals surface area contributed by atoms with Gasteiger partial charge >= 0.3 is 11.9 Å². The lowest BCUT2D eigenvalue weighted by Crippen LogP contribution is -2.24. The maximum atomic E-state index is 10.5. The predicted molar refractivity (Wildman–Crippen MR) is 36.1 cm³/mol. The first-order valence-electron chi connectivity index (χ1n) is 3.58. The first-order chi connectivity index (χ1) is 5.13. The van der Waals surface area contributed by atoms with Gasteiger partial charge in [-0.05, 0) is 12.8 Å². The van der Waals surface area contributed by atoms with Crippen LogP contribution in [0.4, 0.5) is 0 Å². The molecule has 1 aliphatic carbocycles. The molecule has 0 bridgehead atoms. The maximum Gasteiger partial charge on any atom is 0.307 e. The van der Waals surface area contributed by atoms with Crippen molar-refractivity contribution in [1.29, 1.82) is 0 Å². The number of carboxylic acids is 2. The Balaban J connectivity index is 2.65. The highest BCUT2D eigenvalue weighted by atomic mass is 16.4. The molecule has 4 heteroatoms. The average molecular weight is 158 g/mol. The SMILES string of the molecule is O=C(O)C1CCC[C@H]1C(=O)O. The first kappa shape index (κ1) is 8.04. The van der Waals surface area contributed by atoms with Gasteiger partial charge in [0.25, 0.3) is 0 Å². The Morgan fingerprint density at radius 3 is 1.64 bits per heavy atom. The van der Waals surface area contributed by atoms with Crippen LogP contribution in [-0.4, -0.2) is 22.2 Å². The van der Waals surface area contributed by atoms with E-state index in [0.29, 0.717) is 19.3 Å². The van der Waals surface area contributed by atoms with Crippen LogP contribution in [0.1, 0.15) is 19.3 Å². The number of aliphatic carboxylic acids is 2. The summed E-state index contributed by atoms with van der Waals surface area (Å²) in [7, 11) is 0. The third kappa shape index (κ3) is 1.50. The van der Waals surface area contributed by atoms with Gasteiger partial charge in [0, 0.05) is 0 Å². The Morgan fingerprint density at radius 1 is 1.00 bits per heavy atom. The molecule has 1 saturated carbocycles. The molecule has 0 radical (unpaired) electrons. The van der Waals surface area contributed by atoms with Crippen LogP contribution in [0.25, 0.3) is 0 Å². The largest absolute Gasteiger partial charge is 0.481 e. The third-order valence-corrected chi connectivity index (χ3v) is 2.15. The van der Waals surface area contributed by atoms with Crippen LogP contribution in [0.2, 0.25) is 0 Å². The highest BCUT2D eigenvalue weighted by Gasteiger charge is 2.37. The quantitative estimate of drug-likeness (QED) is 0.616. The summed E-state index contributed by atoms with van der Waals surface area (Å²) < 4.78 is 0. The van der Waals surface area contributed by atoms with Crippen molar-refractivity contribution in [3.8, 4) is 0 Å². The molecular weight excluding hydrogens is 148 g/mol. The summed E-state index contributed by atoms with van der Waals surface area (Å²) in [6.45, 7) is 0. The molecule has 4 nitrogen and oxygen atoms in total. The molecule has 0 heterocycles. The van der Waals surface area contributed by atoms with Crippen LogP contribution < -0.4 is 0 Å². The van der Waals surface area contributed by atoms with Crippen molar-refractivity contribution >= 4 is 11.9 Å². The third-order valence-electron chi connectivity index (χ3n) is 2.15. The highest BCUT2D eigenvalue weighted by Crippen LogP contribution is 2.31. The summed E-state index contributed by atoms with van der Waals surface area (Å²) in [5.74, 6) is -3.27. The summed E-state index contributed by atoms with van der Waals surface area (Å²) >= 11 is 0. The van der Waals surface area contributed by atoms with Crippen molar-refractivity contribution in [3.05, 3.63) is 0 Å². The molecule has 1 rings (SSSR count). The van der Waals surface area contributed by atoms with E-state index >= 15 is 0 Å². The van der Waals surface area contributed by atoms with E-state index in [-0.39, 0.29) is 0 Å². The second-order valence-electron chi connectivity index (χ2n) is 2.82. The van der Waals surface area contributed by atoms with E-state index in [4.69, 9.17) is 10.2 Å². The fraction of sp³-hybridized carbons (Fsp3) is 0.714. The van der Waals surface area contributed by atoms with Gasteiger partial charge in [-0.25, -0.2) is 0 Å². The van der Waals surface area contributed by atoms with Gasteiger partial charge in [-0.3, -0.25) is 9.59 Å². The van der Waals surface area contributed by atoms with Crippen LogP contribution >= 0.6 is 0 Å². The van der Waals surface area contributed by atoms with Crippen molar-refractivity contribution < 1.29 is 19.8 Å². The number of rotatable bonds is 2. The zero-order chi connectivity index (χ0) is 8.43. The van der Waals surface area contributed by atoms with Crippen molar-refractivity contribution in [1.82, 2.24) is 0 Å². The fourth-order valence-electron chi connectivity index (χ4n) is 1.55. The molecule has 1 unspecified atom stereocenters. The number of carbonyl (C=O) groups is 2. The molecule has 0 saturated heterocycles. The maximum absolute atomic E-state index is 10.5. The normalized spacial score (nSPS) is 30.2. The number of carboxylic acid groups (broad SMARTS) is 2. The minimum Gasteiger partial charge on any atom is -0.481 e. The second-order valence-corrected chi connectivity index (χ2v) is 2.82. The fourth-order valence-corrected chi connectivity index (χ4v) is 1.55. The van der Waals surface area contributed by atoms with E-state index in [1.807, 2.05) is 0 Å². The van der Waals surface area contributed by atoms with Gasteiger partial charge in [-0.1, -0.05) is 6.42 Å². The predicted octanol–water partition coefficient (Wildman–Crippen LogP) is 0.572. The van der Waals surface area contributed by atoms with E-state index in [2.05, 4.69) is 0 Å². The molecule has 0 spiro atoms. The van der Waals surface area contributed by atoms with Gasteiger partial charge in [0.2, 0.25) is 0 Å². The van der Waals surface area contributed by atoms with Crippen LogP contribution in [-0.2, 0) is 9.59 Å². The molecule has 0 aliphatic heterocycles. The van der Waals surface area contributed by atoms with Gasteiger partial charge < -0.3 is 10.2 Å². The van der Waals surface area contributed by atoms with Gasteiger partial charge in [0.1, 0.15) is 0 Å². The zero-order valence-electron chi connectivity index (χ0n) is 5.99. The lowest BCUT2D eigenvalue weighted by atomic mass is 9.97. The molecule has 0 amide bonds. The van der Waals surface area contributed by atoms with Crippen molar-refractivity contribution in [2.75, 3.05) is 0 Å². The molecule has 11 heavy (non-hydrogen) atoms. The van der Waals surface area contributed by atoms with Crippen LogP contribution in [0.3, 0.4) is 0 Å². The topological polar surface area (TPSA) is 74.6 Å². The molecule has 0 aromatic carbocycles.